The third kappa shape index (κ3) is 4.72. The van der Waals surface area contributed by atoms with E-state index in [1.54, 1.807) is 33.9 Å². The first-order chi connectivity index (χ1) is 14.1. The van der Waals surface area contributed by atoms with Gasteiger partial charge in [-0.2, -0.15) is 0 Å². The van der Waals surface area contributed by atoms with Gasteiger partial charge < -0.3 is 23.8 Å². The fourth-order valence-electron chi connectivity index (χ4n) is 3.36. The number of hydrogen-bond donors (Lipinski definition) is 0. The van der Waals surface area contributed by atoms with Crippen molar-refractivity contribution < 1.29 is 28.0 Å². The Morgan fingerprint density at radius 3 is 2.19 bits per heavy atom. The number of nitrogens with zero attached hydrogens (tertiary/aromatic N) is 2. The second-order valence-corrected chi connectivity index (χ2v) is 10.3. The number of carbonyl (C=O) groups excluding carboxylic acids is 2. The van der Waals surface area contributed by atoms with Crippen LogP contribution in [-0.4, -0.2) is 71.9 Å². The molecule has 31 heavy (non-hydrogen) atoms. The van der Waals surface area contributed by atoms with Gasteiger partial charge in [-0.25, -0.2) is 9.18 Å². The van der Waals surface area contributed by atoms with Gasteiger partial charge in [0.2, 0.25) is 0 Å². The molecular formula is C22H32BFN2O5. The SMILES string of the molecule is CN(C(=O)c1ccc(B2OC(C)(C)C(C)(C)O2)cc1F)C1CN(C(=O)OC(C)(C)C)C1. The fraction of sp³-hybridized carbons (Fsp3) is 0.636. The molecule has 2 heterocycles. The average Bonchev–Trinajstić information content (AvgIpc) is 2.78. The van der Waals surface area contributed by atoms with Gasteiger partial charge in [0.15, 0.2) is 0 Å². The van der Waals surface area contributed by atoms with Gasteiger partial charge in [-0.05, 0) is 66.1 Å². The highest BCUT2D eigenvalue weighted by atomic mass is 19.1. The van der Waals surface area contributed by atoms with Crippen molar-refractivity contribution in [1.29, 1.82) is 0 Å². The summed E-state index contributed by atoms with van der Waals surface area (Å²) in [5.41, 5.74) is -1.15. The summed E-state index contributed by atoms with van der Waals surface area (Å²) in [6.07, 6.45) is -0.414. The summed E-state index contributed by atoms with van der Waals surface area (Å²) in [7, 11) is 0.913. The first-order valence-electron chi connectivity index (χ1n) is 10.5. The molecule has 0 aliphatic carbocycles. The van der Waals surface area contributed by atoms with Crippen LogP contribution < -0.4 is 5.46 Å². The van der Waals surface area contributed by atoms with Crippen molar-refractivity contribution >= 4 is 24.6 Å². The third-order valence-corrected chi connectivity index (χ3v) is 6.13. The summed E-state index contributed by atoms with van der Waals surface area (Å²) < 4.78 is 32.1. The highest BCUT2D eigenvalue weighted by molar-refractivity contribution is 6.62. The standard InChI is InChI=1S/C22H32BFN2O5/c1-20(2,3)29-19(28)26-12-15(13-26)25(8)18(27)16-10-9-14(11-17(16)24)23-30-21(4,5)22(6,7)31-23/h9-11,15H,12-13H2,1-8H3. The summed E-state index contributed by atoms with van der Waals surface area (Å²) in [5, 5.41) is 0. The lowest BCUT2D eigenvalue weighted by atomic mass is 9.78. The lowest BCUT2D eigenvalue weighted by Gasteiger charge is -2.43. The Kier molecular flexibility index (Phi) is 5.91. The average molecular weight is 434 g/mol. The Morgan fingerprint density at radius 1 is 1.16 bits per heavy atom. The first kappa shape index (κ1) is 23.5. The van der Waals surface area contributed by atoms with Gasteiger partial charge in [-0.3, -0.25) is 4.79 Å². The zero-order valence-corrected chi connectivity index (χ0v) is 19.6. The summed E-state index contributed by atoms with van der Waals surface area (Å²) in [5.74, 6) is -1.07. The predicted molar refractivity (Wildman–Crippen MR) is 116 cm³/mol. The zero-order chi connectivity index (χ0) is 23.4. The molecule has 0 saturated carbocycles. The summed E-state index contributed by atoms with van der Waals surface area (Å²) in [6, 6.07) is 4.21. The van der Waals surface area contributed by atoms with E-state index < -0.39 is 41.7 Å². The van der Waals surface area contributed by atoms with Gasteiger partial charge in [0, 0.05) is 20.1 Å². The monoisotopic (exact) mass is 434 g/mol. The number of benzene rings is 1. The number of ether oxygens (including phenoxy) is 1. The minimum atomic E-state index is -0.699. The Hall–Kier alpha value is -2.13. The molecule has 3 rings (SSSR count). The Labute approximate surface area is 184 Å². The van der Waals surface area contributed by atoms with Crippen LogP contribution in [0.5, 0.6) is 0 Å². The molecule has 7 nitrogen and oxygen atoms in total. The molecule has 1 aromatic rings. The molecule has 9 heteroatoms. The van der Waals surface area contributed by atoms with Crippen molar-refractivity contribution in [3.63, 3.8) is 0 Å². The Balaban J connectivity index is 1.63. The van der Waals surface area contributed by atoms with Crippen LogP contribution in [0, 0.1) is 5.82 Å². The van der Waals surface area contributed by atoms with E-state index in [0.29, 0.717) is 18.6 Å². The van der Waals surface area contributed by atoms with Crippen LogP contribution in [0.1, 0.15) is 58.8 Å². The predicted octanol–water partition coefficient (Wildman–Crippen LogP) is 2.82. The van der Waals surface area contributed by atoms with Crippen molar-refractivity contribution in [2.24, 2.45) is 0 Å². The maximum absolute atomic E-state index is 14.8. The molecule has 170 valence electrons. The lowest BCUT2D eigenvalue weighted by Crippen LogP contribution is -2.62. The molecule has 0 aromatic heterocycles. The van der Waals surface area contributed by atoms with E-state index in [-0.39, 0.29) is 11.6 Å². The number of likely N-dealkylation sites (N-methyl/N-ethyl adjacent to an activating group) is 1. The van der Waals surface area contributed by atoms with E-state index in [1.807, 2.05) is 27.7 Å². The van der Waals surface area contributed by atoms with Crippen molar-refractivity contribution in [1.82, 2.24) is 9.80 Å². The summed E-state index contributed by atoms with van der Waals surface area (Å²) in [6.45, 7) is 13.8. The van der Waals surface area contributed by atoms with E-state index in [4.69, 9.17) is 14.0 Å². The van der Waals surface area contributed by atoms with Gasteiger partial charge in [0.05, 0.1) is 22.8 Å². The van der Waals surface area contributed by atoms with Gasteiger partial charge in [-0.1, -0.05) is 6.07 Å². The molecule has 2 fully saturated rings. The Morgan fingerprint density at radius 2 is 1.71 bits per heavy atom. The van der Waals surface area contributed by atoms with Crippen LogP contribution in [0.3, 0.4) is 0 Å². The molecule has 0 unspecified atom stereocenters. The lowest BCUT2D eigenvalue weighted by molar-refractivity contribution is -0.00915. The van der Waals surface area contributed by atoms with Crippen molar-refractivity contribution in [3.05, 3.63) is 29.6 Å². The fourth-order valence-corrected chi connectivity index (χ4v) is 3.36. The topological polar surface area (TPSA) is 68.3 Å². The highest BCUT2D eigenvalue weighted by Gasteiger charge is 2.51. The second-order valence-electron chi connectivity index (χ2n) is 10.3. The van der Waals surface area contributed by atoms with Crippen LogP contribution in [0.4, 0.5) is 9.18 Å². The minimum Gasteiger partial charge on any atom is -0.444 e. The molecule has 1 aromatic carbocycles. The van der Waals surface area contributed by atoms with E-state index in [2.05, 4.69) is 0 Å². The quantitative estimate of drug-likeness (QED) is 0.685. The minimum absolute atomic E-state index is 0.0292. The summed E-state index contributed by atoms with van der Waals surface area (Å²) in [4.78, 5) is 27.9. The molecular weight excluding hydrogens is 402 g/mol. The van der Waals surface area contributed by atoms with Gasteiger partial charge >= 0.3 is 13.2 Å². The van der Waals surface area contributed by atoms with Crippen LogP contribution in [0.15, 0.2) is 18.2 Å². The maximum Gasteiger partial charge on any atom is 0.494 e. The zero-order valence-electron chi connectivity index (χ0n) is 19.6. The molecule has 0 spiro atoms. The smallest absolute Gasteiger partial charge is 0.444 e. The van der Waals surface area contributed by atoms with Crippen LogP contribution in [0.2, 0.25) is 0 Å². The van der Waals surface area contributed by atoms with Crippen LogP contribution >= 0.6 is 0 Å². The van der Waals surface area contributed by atoms with Crippen molar-refractivity contribution in [3.8, 4) is 0 Å². The molecule has 0 bridgehead atoms. The second kappa shape index (κ2) is 7.78. The van der Waals surface area contributed by atoms with E-state index >= 15 is 0 Å². The molecule has 2 amide bonds. The van der Waals surface area contributed by atoms with E-state index in [0.717, 1.165) is 0 Å². The van der Waals surface area contributed by atoms with Gasteiger partial charge in [-0.15, -0.1) is 0 Å². The van der Waals surface area contributed by atoms with Gasteiger partial charge in [0.25, 0.3) is 5.91 Å². The Bertz CT molecular complexity index is 861. The number of hydrogen-bond acceptors (Lipinski definition) is 5. The molecule has 2 aliphatic rings. The number of halogens is 1. The highest BCUT2D eigenvalue weighted by Crippen LogP contribution is 2.36. The number of rotatable bonds is 3. The molecule has 2 saturated heterocycles. The first-order valence-corrected chi connectivity index (χ1v) is 10.5. The summed E-state index contributed by atoms with van der Waals surface area (Å²) >= 11 is 0. The number of amides is 2. The van der Waals surface area contributed by atoms with Crippen LogP contribution in [0.25, 0.3) is 0 Å². The maximum atomic E-state index is 14.8. The molecule has 0 radical (unpaired) electrons. The molecule has 0 atom stereocenters. The van der Waals surface area contributed by atoms with E-state index in [1.165, 1.54) is 21.9 Å². The largest absolute Gasteiger partial charge is 0.494 e. The normalized spacial score (nSPS) is 20.4. The van der Waals surface area contributed by atoms with Crippen molar-refractivity contribution in [2.75, 3.05) is 20.1 Å². The van der Waals surface area contributed by atoms with Gasteiger partial charge in [0.1, 0.15) is 11.4 Å². The molecule has 0 N–H and O–H groups in total. The molecule has 2 aliphatic heterocycles. The third-order valence-electron chi connectivity index (χ3n) is 6.13. The number of likely N-dealkylation sites (tertiary alicyclic amines) is 1. The van der Waals surface area contributed by atoms with E-state index in [9.17, 15) is 14.0 Å². The number of carbonyl (C=O) groups is 2. The van der Waals surface area contributed by atoms with Crippen LogP contribution in [-0.2, 0) is 14.0 Å². The van der Waals surface area contributed by atoms with Crippen molar-refractivity contribution in [2.45, 2.75) is 71.3 Å².